The fourth-order valence-corrected chi connectivity index (χ4v) is 1.95. The maximum Gasteiger partial charge on any atom is 0.227 e. The Morgan fingerprint density at radius 3 is 2.82 bits per heavy atom. The molecule has 3 aromatic rings. The molecule has 0 saturated heterocycles. The zero-order chi connectivity index (χ0) is 15.4. The molecule has 3 rings (SSSR count). The highest BCUT2D eigenvalue weighted by molar-refractivity contribution is 5.77. The Morgan fingerprint density at radius 1 is 1.14 bits per heavy atom. The van der Waals surface area contributed by atoms with E-state index in [-0.39, 0.29) is 0 Å². The Bertz CT molecular complexity index is 805. The summed E-state index contributed by atoms with van der Waals surface area (Å²) in [5, 5.41) is 3.09. The maximum absolute atomic E-state index is 10.9. The van der Waals surface area contributed by atoms with Crippen molar-refractivity contribution in [2.75, 3.05) is 5.32 Å². The number of hydrogen-bond acceptors (Lipinski definition) is 6. The predicted molar refractivity (Wildman–Crippen MR) is 82.9 cm³/mol. The summed E-state index contributed by atoms with van der Waals surface area (Å²) in [6.07, 6.45) is 7.41. The van der Waals surface area contributed by atoms with E-state index >= 15 is 0 Å². The van der Waals surface area contributed by atoms with E-state index in [2.05, 4.69) is 25.3 Å². The van der Waals surface area contributed by atoms with Crippen molar-refractivity contribution in [2.45, 2.75) is 6.92 Å². The highest BCUT2D eigenvalue weighted by Gasteiger charge is 2.06. The molecule has 1 N–H and O–H groups in total. The lowest BCUT2D eigenvalue weighted by molar-refractivity contribution is 0.112. The van der Waals surface area contributed by atoms with Crippen LogP contribution in [0.25, 0.3) is 11.3 Å². The van der Waals surface area contributed by atoms with Crippen molar-refractivity contribution in [1.29, 1.82) is 0 Å². The van der Waals surface area contributed by atoms with E-state index in [1.165, 1.54) is 6.20 Å². The Morgan fingerprint density at radius 2 is 2.05 bits per heavy atom. The van der Waals surface area contributed by atoms with Crippen molar-refractivity contribution in [3.05, 3.63) is 60.3 Å². The van der Waals surface area contributed by atoms with Gasteiger partial charge in [0.2, 0.25) is 5.95 Å². The summed E-state index contributed by atoms with van der Waals surface area (Å²) in [7, 11) is 0. The smallest absolute Gasteiger partial charge is 0.227 e. The molecule has 0 spiro atoms. The van der Waals surface area contributed by atoms with Gasteiger partial charge in [0.25, 0.3) is 0 Å². The Balaban J connectivity index is 1.92. The largest absolute Gasteiger partial charge is 0.323 e. The molecule has 6 nitrogen and oxygen atoms in total. The predicted octanol–water partition coefficient (Wildman–Crippen LogP) is 2.80. The summed E-state index contributed by atoms with van der Waals surface area (Å²) < 4.78 is 0. The fourth-order valence-electron chi connectivity index (χ4n) is 1.95. The quantitative estimate of drug-likeness (QED) is 0.744. The maximum atomic E-state index is 10.9. The minimum Gasteiger partial charge on any atom is -0.323 e. The zero-order valence-electron chi connectivity index (χ0n) is 11.9. The first-order chi connectivity index (χ1) is 10.8. The van der Waals surface area contributed by atoms with Crippen molar-refractivity contribution in [2.24, 2.45) is 0 Å². The van der Waals surface area contributed by atoms with Crippen LogP contribution in [0.3, 0.4) is 0 Å². The summed E-state index contributed by atoms with van der Waals surface area (Å²) in [6, 6.07) is 7.32. The van der Waals surface area contributed by atoms with Gasteiger partial charge in [-0.2, -0.15) is 0 Å². The van der Waals surface area contributed by atoms with Gasteiger partial charge < -0.3 is 5.32 Å². The number of anilines is 2. The summed E-state index contributed by atoms with van der Waals surface area (Å²) in [6.45, 7) is 1.85. The molecule has 0 aliphatic carbocycles. The van der Waals surface area contributed by atoms with Crippen LogP contribution in [0.15, 0.2) is 49.1 Å². The van der Waals surface area contributed by atoms with Gasteiger partial charge in [-0.25, -0.2) is 9.97 Å². The van der Waals surface area contributed by atoms with Crippen LogP contribution in [0, 0.1) is 6.92 Å². The van der Waals surface area contributed by atoms with E-state index in [1.54, 1.807) is 24.7 Å². The van der Waals surface area contributed by atoms with E-state index in [1.807, 2.05) is 25.1 Å². The van der Waals surface area contributed by atoms with Crippen molar-refractivity contribution in [3.8, 4) is 11.3 Å². The Kier molecular flexibility index (Phi) is 3.82. The lowest BCUT2D eigenvalue weighted by Crippen LogP contribution is -2.01. The second kappa shape index (κ2) is 6.09. The number of nitrogens with zero attached hydrogens (tertiary/aromatic N) is 4. The normalized spacial score (nSPS) is 10.2. The van der Waals surface area contributed by atoms with Gasteiger partial charge in [-0.05, 0) is 31.2 Å². The molecular formula is C16H13N5O. The van der Waals surface area contributed by atoms with Crippen LogP contribution in [0.5, 0.6) is 0 Å². The van der Waals surface area contributed by atoms with Gasteiger partial charge in [-0.1, -0.05) is 0 Å². The number of rotatable bonds is 4. The minimum atomic E-state index is 0.439. The van der Waals surface area contributed by atoms with E-state index in [4.69, 9.17) is 0 Å². The number of carbonyl (C=O) groups excluding carboxylic acids is 1. The molecule has 0 radical (unpaired) electrons. The Hall–Kier alpha value is -3.15. The third-order valence-corrected chi connectivity index (χ3v) is 3.10. The number of hydrogen-bond donors (Lipinski definition) is 1. The molecule has 0 amide bonds. The van der Waals surface area contributed by atoms with Crippen LogP contribution in [0.4, 0.5) is 11.6 Å². The molecule has 108 valence electrons. The Labute approximate surface area is 127 Å². The van der Waals surface area contributed by atoms with Gasteiger partial charge in [0.05, 0.1) is 17.1 Å². The molecule has 0 atom stereocenters. The number of aldehydes is 1. The third kappa shape index (κ3) is 2.95. The first-order valence-electron chi connectivity index (χ1n) is 6.68. The zero-order valence-corrected chi connectivity index (χ0v) is 11.9. The first kappa shape index (κ1) is 13.8. The van der Waals surface area contributed by atoms with E-state index in [0.29, 0.717) is 17.2 Å². The number of carbonyl (C=O) groups is 1. The van der Waals surface area contributed by atoms with E-state index < -0.39 is 0 Å². The highest BCUT2D eigenvalue weighted by Crippen LogP contribution is 2.20. The van der Waals surface area contributed by atoms with Crippen molar-refractivity contribution in [3.63, 3.8) is 0 Å². The molecule has 0 saturated carbocycles. The molecular weight excluding hydrogens is 278 g/mol. The second-order valence-electron chi connectivity index (χ2n) is 4.65. The lowest BCUT2D eigenvalue weighted by Gasteiger charge is -2.09. The van der Waals surface area contributed by atoms with Gasteiger partial charge in [0, 0.05) is 35.9 Å². The topological polar surface area (TPSA) is 80.7 Å². The van der Waals surface area contributed by atoms with Gasteiger partial charge in [0.15, 0.2) is 6.29 Å². The van der Waals surface area contributed by atoms with Crippen LogP contribution < -0.4 is 5.32 Å². The standard InChI is InChI=1S/C16H13N5O/c1-11-15(7-12(10-22)8-19-11)21-16-18-6-4-14(20-16)13-3-2-5-17-9-13/h2-10H,1H3,(H,18,20,21). The molecule has 0 unspecified atom stereocenters. The van der Waals surface area contributed by atoms with E-state index in [9.17, 15) is 4.79 Å². The van der Waals surface area contributed by atoms with Crippen LogP contribution in [0.2, 0.25) is 0 Å². The minimum absolute atomic E-state index is 0.439. The molecule has 6 heteroatoms. The SMILES string of the molecule is Cc1ncc(C=O)cc1Nc1nccc(-c2cccnc2)n1. The molecule has 0 aromatic carbocycles. The average Bonchev–Trinajstić information content (AvgIpc) is 2.58. The second-order valence-corrected chi connectivity index (χ2v) is 4.65. The number of aryl methyl sites for hydroxylation is 1. The summed E-state index contributed by atoms with van der Waals surface area (Å²) in [5.74, 6) is 0.439. The van der Waals surface area contributed by atoms with Gasteiger partial charge in [-0.3, -0.25) is 14.8 Å². The average molecular weight is 291 g/mol. The van der Waals surface area contributed by atoms with Gasteiger partial charge in [-0.15, -0.1) is 0 Å². The number of nitrogens with one attached hydrogen (secondary N) is 1. The monoisotopic (exact) mass is 291 g/mol. The van der Waals surface area contributed by atoms with Crippen LogP contribution in [-0.2, 0) is 0 Å². The highest BCUT2D eigenvalue weighted by atomic mass is 16.1. The number of pyridine rings is 2. The molecule has 0 bridgehead atoms. The first-order valence-corrected chi connectivity index (χ1v) is 6.68. The third-order valence-electron chi connectivity index (χ3n) is 3.10. The number of aromatic nitrogens is 4. The molecule has 0 aliphatic rings. The lowest BCUT2D eigenvalue weighted by atomic mass is 10.2. The van der Waals surface area contributed by atoms with E-state index in [0.717, 1.165) is 23.2 Å². The van der Waals surface area contributed by atoms with Crippen molar-refractivity contribution in [1.82, 2.24) is 19.9 Å². The molecule has 3 heterocycles. The van der Waals surface area contributed by atoms with Gasteiger partial charge in [0.1, 0.15) is 0 Å². The van der Waals surface area contributed by atoms with Crippen LogP contribution in [-0.4, -0.2) is 26.2 Å². The van der Waals surface area contributed by atoms with Crippen LogP contribution >= 0.6 is 0 Å². The molecule has 22 heavy (non-hydrogen) atoms. The summed E-state index contributed by atoms with van der Waals surface area (Å²) >= 11 is 0. The molecule has 0 aliphatic heterocycles. The molecule has 3 aromatic heterocycles. The van der Waals surface area contributed by atoms with Gasteiger partial charge >= 0.3 is 0 Å². The fraction of sp³-hybridized carbons (Fsp3) is 0.0625. The van der Waals surface area contributed by atoms with Crippen molar-refractivity contribution >= 4 is 17.9 Å². The molecule has 0 fully saturated rings. The van der Waals surface area contributed by atoms with Crippen LogP contribution in [0.1, 0.15) is 16.1 Å². The van der Waals surface area contributed by atoms with Crippen molar-refractivity contribution < 1.29 is 4.79 Å². The summed E-state index contributed by atoms with van der Waals surface area (Å²) in [5.41, 5.74) is 3.64. The summed E-state index contributed by atoms with van der Waals surface area (Å²) in [4.78, 5) is 27.8.